The zero-order chi connectivity index (χ0) is 10.8. The van der Waals surface area contributed by atoms with Crippen molar-refractivity contribution < 1.29 is 19.0 Å². The van der Waals surface area contributed by atoms with Crippen LogP contribution in [-0.2, 0) is 0 Å². The van der Waals surface area contributed by atoms with Crippen LogP contribution < -0.4 is 4.74 Å². The highest BCUT2D eigenvalue weighted by molar-refractivity contribution is 6.21. The van der Waals surface area contributed by atoms with Gasteiger partial charge in [-0.2, -0.15) is 4.39 Å². The fourth-order valence-corrected chi connectivity index (χ4v) is 1.01. The molecule has 0 radical (unpaired) electrons. The summed E-state index contributed by atoms with van der Waals surface area (Å²) in [6, 6.07) is 5.69. The SMILES string of the molecule is CC(F)(Cl)Oc1ccccc1C(=O)O. The second kappa shape index (κ2) is 3.84. The molecule has 0 spiro atoms. The van der Waals surface area contributed by atoms with Crippen LogP contribution in [-0.4, -0.2) is 16.4 Å². The van der Waals surface area contributed by atoms with Gasteiger partial charge in [0.15, 0.2) is 0 Å². The number of hydrogen-bond donors (Lipinski definition) is 1. The minimum absolute atomic E-state index is 0.0972. The van der Waals surface area contributed by atoms with Crippen molar-refractivity contribution in [3.8, 4) is 5.75 Å². The van der Waals surface area contributed by atoms with Crippen molar-refractivity contribution in [1.29, 1.82) is 0 Å². The Balaban J connectivity index is 3.02. The van der Waals surface area contributed by atoms with Crippen LogP contribution in [0.15, 0.2) is 24.3 Å². The number of halogens is 2. The third-order valence-electron chi connectivity index (χ3n) is 1.41. The van der Waals surface area contributed by atoms with Crippen molar-refractivity contribution in [1.82, 2.24) is 0 Å². The van der Waals surface area contributed by atoms with E-state index >= 15 is 0 Å². The maximum Gasteiger partial charge on any atom is 0.339 e. The van der Waals surface area contributed by atoms with Gasteiger partial charge in [-0.05, 0) is 23.7 Å². The van der Waals surface area contributed by atoms with E-state index in [2.05, 4.69) is 4.74 Å². The molecule has 0 aliphatic heterocycles. The largest absolute Gasteiger partial charge is 0.478 e. The molecule has 0 aromatic heterocycles. The molecule has 76 valence electrons. The van der Waals surface area contributed by atoms with E-state index in [1.807, 2.05) is 0 Å². The fraction of sp³-hybridized carbons (Fsp3) is 0.222. The Hall–Kier alpha value is -1.29. The predicted octanol–water partition coefficient (Wildman–Crippen LogP) is 2.65. The number of rotatable bonds is 3. The number of hydrogen-bond acceptors (Lipinski definition) is 2. The smallest absolute Gasteiger partial charge is 0.339 e. The molecule has 1 aromatic carbocycles. The zero-order valence-corrected chi connectivity index (χ0v) is 8.08. The standard InChI is InChI=1S/C9H8ClFO3/c1-9(10,11)14-7-5-3-2-4-6(7)8(12)13/h2-5H,1H3,(H,12,13). The highest BCUT2D eigenvalue weighted by atomic mass is 35.5. The van der Waals surface area contributed by atoms with Gasteiger partial charge >= 0.3 is 11.3 Å². The Labute approximate surface area is 85.1 Å². The van der Waals surface area contributed by atoms with Gasteiger partial charge < -0.3 is 9.84 Å². The fourth-order valence-electron chi connectivity index (χ4n) is 0.925. The molecule has 0 bridgehead atoms. The van der Waals surface area contributed by atoms with E-state index in [-0.39, 0.29) is 11.3 Å². The van der Waals surface area contributed by atoms with Crippen molar-refractivity contribution in [2.75, 3.05) is 0 Å². The Morgan fingerprint density at radius 3 is 2.64 bits per heavy atom. The van der Waals surface area contributed by atoms with E-state index in [1.54, 1.807) is 0 Å². The molecule has 0 saturated heterocycles. The van der Waals surface area contributed by atoms with Crippen LogP contribution in [0.5, 0.6) is 5.75 Å². The summed E-state index contributed by atoms with van der Waals surface area (Å²) in [5.41, 5.74) is -0.128. The van der Waals surface area contributed by atoms with Crippen molar-refractivity contribution in [2.45, 2.75) is 12.2 Å². The Morgan fingerprint density at radius 1 is 1.57 bits per heavy atom. The first-order chi connectivity index (χ1) is 6.40. The molecular formula is C9H8ClFO3. The van der Waals surface area contributed by atoms with Gasteiger partial charge in [0.1, 0.15) is 11.3 Å². The Kier molecular flexibility index (Phi) is 2.96. The van der Waals surface area contributed by atoms with Crippen molar-refractivity contribution >= 4 is 17.6 Å². The van der Waals surface area contributed by atoms with Crippen LogP contribution in [0.2, 0.25) is 0 Å². The Morgan fingerprint density at radius 2 is 2.14 bits per heavy atom. The summed E-state index contributed by atoms with van der Waals surface area (Å²) in [6.45, 7) is 0.979. The molecular weight excluding hydrogens is 211 g/mol. The number of ether oxygens (including phenoxy) is 1. The molecule has 1 aromatic rings. The molecule has 0 heterocycles. The molecule has 0 saturated carbocycles. The van der Waals surface area contributed by atoms with Crippen molar-refractivity contribution in [2.24, 2.45) is 0 Å². The van der Waals surface area contributed by atoms with Crippen LogP contribution in [0.3, 0.4) is 0 Å². The predicted molar refractivity (Wildman–Crippen MR) is 49.4 cm³/mol. The van der Waals surface area contributed by atoms with Crippen LogP contribution >= 0.6 is 11.6 Å². The van der Waals surface area contributed by atoms with E-state index in [1.165, 1.54) is 24.3 Å². The van der Waals surface area contributed by atoms with Gasteiger partial charge in [-0.1, -0.05) is 12.1 Å². The van der Waals surface area contributed by atoms with Crippen molar-refractivity contribution in [3.63, 3.8) is 0 Å². The molecule has 0 fully saturated rings. The molecule has 1 N–H and O–H groups in total. The zero-order valence-electron chi connectivity index (χ0n) is 7.33. The van der Waals surface area contributed by atoms with E-state index < -0.39 is 11.3 Å². The van der Waals surface area contributed by atoms with E-state index in [0.717, 1.165) is 6.92 Å². The number of carboxylic acids is 1. The lowest BCUT2D eigenvalue weighted by atomic mass is 10.2. The third-order valence-corrected chi connectivity index (χ3v) is 1.48. The molecule has 0 amide bonds. The summed E-state index contributed by atoms with van der Waals surface area (Å²) >= 11 is 5.16. The van der Waals surface area contributed by atoms with Gasteiger partial charge in [-0.15, -0.1) is 0 Å². The molecule has 14 heavy (non-hydrogen) atoms. The molecule has 0 aliphatic carbocycles. The first-order valence-corrected chi connectivity index (χ1v) is 4.17. The summed E-state index contributed by atoms with van der Waals surface area (Å²) < 4.78 is 17.5. The summed E-state index contributed by atoms with van der Waals surface area (Å²) in [4.78, 5) is 10.7. The molecule has 1 unspecified atom stereocenters. The first kappa shape index (κ1) is 10.8. The number of para-hydroxylation sites is 1. The number of alkyl halides is 2. The van der Waals surface area contributed by atoms with Gasteiger partial charge in [-0.3, -0.25) is 0 Å². The van der Waals surface area contributed by atoms with Crippen LogP contribution in [0.1, 0.15) is 17.3 Å². The number of aromatic carboxylic acids is 1. The summed E-state index contributed by atoms with van der Waals surface area (Å²) in [5.74, 6) is -1.29. The second-order valence-corrected chi connectivity index (χ2v) is 3.39. The summed E-state index contributed by atoms with van der Waals surface area (Å²) in [7, 11) is 0. The lowest BCUT2D eigenvalue weighted by Crippen LogP contribution is -2.19. The van der Waals surface area contributed by atoms with Gasteiger partial charge in [0.05, 0.1) is 0 Å². The van der Waals surface area contributed by atoms with Gasteiger partial charge in [0.25, 0.3) is 0 Å². The van der Waals surface area contributed by atoms with Crippen LogP contribution in [0, 0.1) is 0 Å². The number of carbonyl (C=O) groups is 1. The molecule has 1 atom stereocenters. The van der Waals surface area contributed by atoms with E-state index in [9.17, 15) is 9.18 Å². The minimum Gasteiger partial charge on any atom is -0.478 e. The molecule has 1 rings (SSSR count). The maximum atomic E-state index is 12.9. The summed E-state index contributed by atoms with van der Waals surface area (Å²) in [6.07, 6.45) is 0. The third kappa shape index (κ3) is 2.88. The van der Waals surface area contributed by atoms with Gasteiger partial charge in [-0.25, -0.2) is 4.79 Å². The molecule has 5 heteroatoms. The van der Waals surface area contributed by atoms with Gasteiger partial charge in [0, 0.05) is 6.92 Å². The molecule has 0 aliphatic rings. The Bertz CT molecular complexity index is 346. The van der Waals surface area contributed by atoms with Crippen LogP contribution in [0.4, 0.5) is 4.39 Å². The lowest BCUT2D eigenvalue weighted by molar-refractivity contribution is 0.0376. The quantitative estimate of drug-likeness (QED) is 0.794. The highest BCUT2D eigenvalue weighted by Crippen LogP contribution is 2.26. The second-order valence-electron chi connectivity index (χ2n) is 2.71. The maximum absolute atomic E-state index is 12.9. The minimum atomic E-state index is -2.41. The normalized spacial score (nSPS) is 14.5. The highest BCUT2D eigenvalue weighted by Gasteiger charge is 2.23. The average Bonchev–Trinajstić information content (AvgIpc) is 2.01. The average molecular weight is 219 g/mol. The lowest BCUT2D eigenvalue weighted by Gasteiger charge is -2.15. The van der Waals surface area contributed by atoms with E-state index in [0.29, 0.717) is 0 Å². The van der Waals surface area contributed by atoms with Crippen LogP contribution in [0.25, 0.3) is 0 Å². The monoisotopic (exact) mass is 218 g/mol. The number of benzene rings is 1. The van der Waals surface area contributed by atoms with E-state index in [4.69, 9.17) is 16.7 Å². The summed E-state index contributed by atoms with van der Waals surface area (Å²) in [5, 5.41) is 6.31. The topological polar surface area (TPSA) is 46.5 Å². The molecule has 3 nitrogen and oxygen atoms in total. The van der Waals surface area contributed by atoms with Crippen molar-refractivity contribution in [3.05, 3.63) is 29.8 Å². The van der Waals surface area contributed by atoms with Gasteiger partial charge in [0.2, 0.25) is 0 Å². The first-order valence-electron chi connectivity index (χ1n) is 3.79. The number of carboxylic acid groups (broad SMARTS) is 1.